The van der Waals surface area contributed by atoms with Crippen molar-refractivity contribution in [2.75, 3.05) is 6.61 Å². The highest BCUT2D eigenvalue weighted by Gasteiger charge is 2.27. The molecule has 0 fully saturated rings. The molecule has 1 aromatic rings. The maximum Gasteiger partial charge on any atom is 0.184 e. The molecular weight excluding hydrogens is 240 g/mol. The van der Waals surface area contributed by atoms with E-state index in [0.29, 0.717) is 6.61 Å². The van der Waals surface area contributed by atoms with Gasteiger partial charge in [0.15, 0.2) is 8.32 Å². The van der Waals surface area contributed by atoms with E-state index in [-0.39, 0.29) is 6.10 Å². The third-order valence-corrected chi connectivity index (χ3v) is 3.86. The van der Waals surface area contributed by atoms with Crippen LogP contribution in [0.15, 0.2) is 42.1 Å². The van der Waals surface area contributed by atoms with E-state index in [1.54, 1.807) is 0 Å². The molecule has 0 saturated carbocycles. The second kappa shape index (κ2) is 5.15. The topological polar surface area (TPSA) is 18.5 Å². The van der Waals surface area contributed by atoms with Crippen molar-refractivity contribution in [3.05, 3.63) is 47.7 Å². The van der Waals surface area contributed by atoms with E-state index in [2.05, 4.69) is 38.0 Å². The van der Waals surface area contributed by atoms with Gasteiger partial charge in [0.25, 0.3) is 0 Å². The molecule has 1 aromatic carbocycles. The van der Waals surface area contributed by atoms with Crippen molar-refractivity contribution in [3.63, 3.8) is 0 Å². The molecule has 0 bridgehead atoms. The molecule has 0 N–H and O–H groups in total. The van der Waals surface area contributed by atoms with E-state index in [0.717, 1.165) is 17.7 Å². The van der Waals surface area contributed by atoms with E-state index in [4.69, 9.17) is 9.16 Å². The second-order valence-corrected chi connectivity index (χ2v) is 9.98. The average molecular weight is 260 g/mol. The Balaban J connectivity index is 2.30. The first kappa shape index (κ1) is 13.2. The maximum atomic E-state index is 6.24. The largest absolute Gasteiger partial charge is 0.488 e. The molecule has 1 aliphatic rings. The second-order valence-electron chi connectivity index (χ2n) is 5.52. The summed E-state index contributed by atoms with van der Waals surface area (Å²) in [5.74, 6) is 0.951. The highest BCUT2D eigenvalue weighted by Crippen LogP contribution is 2.28. The fraction of sp³-hybridized carbons (Fsp3) is 0.400. The number of fused-ring (bicyclic) bond motifs is 1. The van der Waals surface area contributed by atoms with Crippen LogP contribution in [0, 0.1) is 0 Å². The zero-order chi connectivity index (χ0) is 13.2. The van der Waals surface area contributed by atoms with Crippen LogP contribution in [0.4, 0.5) is 0 Å². The summed E-state index contributed by atoms with van der Waals surface area (Å²) in [6.45, 7) is 10.9. The summed E-state index contributed by atoms with van der Waals surface area (Å²) < 4.78 is 12.0. The maximum absolute atomic E-state index is 6.24. The summed E-state index contributed by atoms with van der Waals surface area (Å²) in [5.41, 5.74) is 5.21. The van der Waals surface area contributed by atoms with Gasteiger partial charge in [-0.05, 0) is 31.3 Å². The fourth-order valence-corrected chi connectivity index (χ4v) is 3.17. The molecule has 0 aliphatic carbocycles. The molecule has 1 heterocycles. The monoisotopic (exact) mass is 260 g/mol. The lowest BCUT2D eigenvalue weighted by molar-refractivity contribution is 0.220. The van der Waals surface area contributed by atoms with Crippen LogP contribution in [-0.2, 0) is 10.8 Å². The first-order chi connectivity index (χ1) is 8.49. The predicted molar refractivity (Wildman–Crippen MR) is 76.5 cm³/mol. The lowest BCUT2D eigenvalue weighted by Gasteiger charge is -2.26. The van der Waals surface area contributed by atoms with Gasteiger partial charge in [0.05, 0.1) is 6.10 Å². The molecule has 0 saturated heterocycles. The summed E-state index contributed by atoms with van der Waals surface area (Å²) in [5, 5.41) is 0. The van der Waals surface area contributed by atoms with Gasteiger partial charge in [-0.3, -0.25) is 0 Å². The van der Waals surface area contributed by atoms with Crippen molar-refractivity contribution in [1.29, 1.82) is 0 Å². The minimum atomic E-state index is -1.59. The smallest absolute Gasteiger partial charge is 0.184 e. The molecule has 1 atom stereocenters. The molecule has 0 aromatic heterocycles. The fourth-order valence-electron chi connectivity index (χ4n) is 2.09. The molecule has 0 amide bonds. The first-order valence-electron chi connectivity index (χ1n) is 6.27. The predicted octanol–water partition coefficient (Wildman–Crippen LogP) is 3.55. The SMILES string of the molecule is C=C=C1COc2ccccc2CC1O[Si](C)(C)C. The van der Waals surface area contributed by atoms with Crippen molar-refractivity contribution >= 4 is 8.32 Å². The zero-order valence-corrected chi connectivity index (χ0v) is 12.3. The Bertz CT molecular complexity index is 482. The molecule has 1 aliphatic heterocycles. The van der Waals surface area contributed by atoms with Crippen molar-refractivity contribution < 1.29 is 9.16 Å². The summed E-state index contributed by atoms with van der Waals surface area (Å²) in [6.07, 6.45) is 0.899. The van der Waals surface area contributed by atoms with Gasteiger partial charge in [-0.1, -0.05) is 24.8 Å². The standard InChI is InChI=1S/C15H20O2Si/c1-5-12-11-16-14-9-7-6-8-13(14)10-15(12)17-18(2,3)4/h6-9,15H,1,10-11H2,2-4H3. The van der Waals surface area contributed by atoms with Gasteiger partial charge in [0.1, 0.15) is 12.4 Å². The Morgan fingerprint density at radius 1 is 1.33 bits per heavy atom. The minimum Gasteiger partial charge on any atom is -0.488 e. The van der Waals surface area contributed by atoms with Gasteiger partial charge >= 0.3 is 0 Å². The number of hydrogen-bond acceptors (Lipinski definition) is 2. The highest BCUT2D eigenvalue weighted by atomic mass is 28.4. The molecule has 0 radical (unpaired) electrons. The van der Waals surface area contributed by atoms with Crippen molar-refractivity contribution in [1.82, 2.24) is 0 Å². The van der Waals surface area contributed by atoms with Gasteiger partial charge in [0.2, 0.25) is 0 Å². The zero-order valence-electron chi connectivity index (χ0n) is 11.3. The lowest BCUT2D eigenvalue weighted by atomic mass is 10.0. The van der Waals surface area contributed by atoms with E-state index in [9.17, 15) is 0 Å². The molecule has 18 heavy (non-hydrogen) atoms. The van der Waals surface area contributed by atoms with Crippen molar-refractivity contribution in [2.45, 2.75) is 32.2 Å². The van der Waals surface area contributed by atoms with E-state index < -0.39 is 8.32 Å². The average Bonchev–Trinajstić information content (AvgIpc) is 2.45. The normalized spacial score (nSPS) is 19.5. The van der Waals surface area contributed by atoms with Crippen molar-refractivity contribution in [2.24, 2.45) is 0 Å². The van der Waals surface area contributed by atoms with Crippen LogP contribution in [0.25, 0.3) is 0 Å². The third-order valence-electron chi connectivity index (χ3n) is 2.87. The molecule has 2 rings (SSSR count). The number of benzene rings is 1. The number of hydrogen-bond donors (Lipinski definition) is 0. The Morgan fingerprint density at radius 3 is 2.72 bits per heavy atom. The highest BCUT2D eigenvalue weighted by molar-refractivity contribution is 6.69. The van der Waals surface area contributed by atoms with Crippen LogP contribution >= 0.6 is 0 Å². The van der Waals surface area contributed by atoms with E-state index >= 15 is 0 Å². The Morgan fingerprint density at radius 2 is 2.06 bits per heavy atom. The molecule has 1 unspecified atom stereocenters. The quantitative estimate of drug-likeness (QED) is 0.598. The Labute approximate surface area is 110 Å². The van der Waals surface area contributed by atoms with Crippen molar-refractivity contribution in [3.8, 4) is 5.75 Å². The summed E-state index contributed by atoms with van der Waals surface area (Å²) >= 11 is 0. The van der Waals surface area contributed by atoms with Crippen LogP contribution in [0.1, 0.15) is 5.56 Å². The molecular formula is C15H20O2Si. The number of rotatable bonds is 2. The van der Waals surface area contributed by atoms with Crippen LogP contribution < -0.4 is 4.74 Å². The summed E-state index contributed by atoms with van der Waals surface area (Å²) in [6, 6.07) is 8.14. The van der Waals surface area contributed by atoms with Gasteiger partial charge in [-0.2, -0.15) is 0 Å². The van der Waals surface area contributed by atoms with Crippen LogP contribution in [-0.4, -0.2) is 21.0 Å². The lowest BCUT2D eigenvalue weighted by Crippen LogP contribution is -2.34. The minimum absolute atomic E-state index is 0.0535. The Kier molecular flexibility index (Phi) is 3.76. The van der Waals surface area contributed by atoms with E-state index in [1.165, 1.54) is 5.56 Å². The summed E-state index contributed by atoms with van der Waals surface area (Å²) in [7, 11) is -1.59. The van der Waals surface area contributed by atoms with Crippen LogP contribution in [0.3, 0.4) is 0 Å². The van der Waals surface area contributed by atoms with Gasteiger partial charge in [-0.25, -0.2) is 0 Å². The summed E-state index contributed by atoms with van der Waals surface area (Å²) in [4.78, 5) is 0. The van der Waals surface area contributed by atoms with Crippen LogP contribution in [0.5, 0.6) is 5.75 Å². The Hall–Kier alpha value is -1.28. The number of para-hydroxylation sites is 1. The molecule has 96 valence electrons. The number of ether oxygens (including phenoxy) is 1. The molecule has 3 heteroatoms. The third kappa shape index (κ3) is 3.14. The van der Waals surface area contributed by atoms with E-state index in [1.807, 2.05) is 18.2 Å². The van der Waals surface area contributed by atoms with Gasteiger partial charge in [-0.15, -0.1) is 5.73 Å². The molecule has 0 spiro atoms. The van der Waals surface area contributed by atoms with Gasteiger partial charge in [0, 0.05) is 12.0 Å². The molecule has 2 nitrogen and oxygen atoms in total. The van der Waals surface area contributed by atoms with Gasteiger partial charge < -0.3 is 9.16 Å². The van der Waals surface area contributed by atoms with Crippen LogP contribution in [0.2, 0.25) is 19.6 Å². The first-order valence-corrected chi connectivity index (χ1v) is 9.68.